The predicted molar refractivity (Wildman–Crippen MR) is 129 cm³/mol. The number of aryl methyl sites for hydroxylation is 1. The number of nitrogens with zero attached hydrogens (tertiary/aromatic N) is 3. The van der Waals surface area contributed by atoms with Crippen LogP contribution in [0.15, 0.2) is 91.1 Å². The van der Waals surface area contributed by atoms with Crippen LogP contribution < -0.4 is 10.2 Å². The van der Waals surface area contributed by atoms with Crippen LogP contribution in [0, 0.1) is 6.92 Å². The molecular weight excluding hydrogens is 396 g/mol. The lowest BCUT2D eigenvalue weighted by Crippen LogP contribution is -2.18. The van der Waals surface area contributed by atoms with Crippen molar-refractivity contribution in [2.45, 2.75) is 6.92 Å². The summed E-state index contributed by atoms with van der Waals surface area (Å²) in [6.45, 7) is 2.07. The zero-order valence-electron chi connectivity index (χ0n) is 17.4. The number of hydrogen-bond acceptors (Lipinski definition) is 5. The molecule has 3 aromatic carbocycles. The van der Waals surface area contributed by atoms with Gasteiger partial charge in [0.15, 0.2) is 0 Å². The van der Waals surface area contributed by atoms with Crippen LogP contribution in [0.2, 0.25) is 0 Å². The summed E-state index contributed by atoms with van der Waals surface area (Å²) in [6, 6.07) is 28.0. The molecule has 5 heteroatoms. The van der Waals surface area contributed by atoms with Gasteiger partial charge in [-0.15, -0.1) is 0 Å². The van der Waals surface area contributed by atoms with Gasteiger partial charge in [-0.25, -0.2) is 9.97 Å². The minimum absolute atomic E-state index is 0.184. The highest BCUT2D eigenvalue weighted by atomic mass is 16.3. The van der Waals surface area contributed by atoms with Crippen molar-refractivity contribution in [2.24, 2.45) is 0 Å². The van der Waals surface area contributed by atoms with Crippen molar-refractivity contribution >= 4 is 39.5 Å². The number of aromatic hydroxyl groups is 1. The molecule has 0 spiro atoms. The molecule has 2 N–H and O–H groups in total. The average molecular weight is 416 g/mol. The maximum Gasteiger partial charge on any atom is 0.141 e. The molecule has 6 rings (SSSR count). The molecule has 32 heavy (non-hydrogen) atoms. The number of hydrogen-bond donors (Lipinski definition) is 2. The fourth-order valence-corrected chi connectivity index (χ4v) is 4.21. The Balaban J connectivity index is 1.54. The Morgan fingerprint density at radius 2 is 1.69 bits per heavy atom. The van der Waals surface area contributed by atoms with Crippen molar-refractivity contribution in [2.75, 3.05) is 10.2 Å². The Morgan fingerprint density at radius 1 is 0.812 bits per heavy atom. The first-order valence-corrected chi connectivity index (χ1v) is 10.5. The average Bonchev–Trinajstić information content (AvgIpc) is 2.82. The van der Waals surface area contributed by atoms with Crippen molar-refractivity contribution in [3.63, 3.8) is 0 Å². The molecule has 0 atom stereocenters. The fourth-order valence-electron chi connectivity index (χ4n) is 4.21. The van der Waals surface area contributed by atoms with Crippen molar-refractivity contribution in [1.29, 1.82) is 0 Å². The van der Waals surface area contributed by atoms with E-state index in [4.69, 9.17) is 4.98 Å². The Hall–Kier alpha value is -4.38. The Kier molecular flexibility index (Phi) is 4.08. The zero-order chi connectivity index (χ0) is 21.7. The lowest BCUT2D eigenvalue weighted by atomic mass is 10.0. The number of rotatable bonds is 2. The molecule has 0 saturated carbocycles. The second-order valence-corrected chi connectivity index (χ2v) is 7.95. The molecule has 1 aliphatic rings. The minimum Gasteiger partial charge on any atom is -0.506 e. The van der Waals surface area contributed by atoms with Gasteiger partial charge in [0.2, 0.25) is 0 Å². The summed E-state index contributed by atoms with van der Waals surface area (Å²) >= 11 is 0. The van der Waals surface area contributed by atoms with E-state index < -0.39 is 0 Å². The SMILES string of the molecule is Cc1ccnc(N2c3ccccc3Nc3ccc(-c4ccc5cccc(O)c5n4)cc32)c1. The fraction of sp³-hybridized carbons (Fsp3) is 0.0370. The topological polar surface area (TPSA) is 61.3 Å². The lowest BCUT2D eigenvalue weighted by molar-refractivity contribution is 0.480. The number of phenols is 1. The first kappa shape index (κ1) is 18.4. The highest BCUT2D eigenvalue weighted by molar-refractivity contribution is 5.97. The first-order chi connectivity index (χ1) is 15.7. The molecule has 3 heterocycles. The molecular formula is C27H20N4O. The molecule has 5 aromatic rings. The van der Waals surface area contributed by atoms with Crippen molar-refractivity contribution < 1.29 is 5.11 Å². The van der Waals surface area contributed by atoms with Crippen LogP contribution in [0.4, 0.5) is 28.6 Å². The second-order valence-electron chi connectivity index (χ2n) is 7.95. The van der Waals surface area contributed by atoms with Crippen molar-refractivity contribution in [3.8, 4) is 17.0 Å². The minimum atomic E-state index is 0.184. The maximum atomic E-state index is 10.3. The number of phenolic OH excluding ortho intramolecular Hbond substituents is 1. The summed E-state index contributed by atoms with van der Waals surface area (Å²) in [5, 5.41) is 14.7. The van der Waals surface area contributed by atoms with Gasteiger partial charge in [-0.3, -0.25) is 4.90 Å². The Labute approximate surface area is 185 Å². The number of para-hydroxylation sites is 3. The van der Waals surface area contributed by atoms with Gasteiger partial charge in [-0.2, -0.15) is 0 Å². The van der Waals surface area contributed by atoms with Crippen LogP contribution in [0.3, 0.4) is 0 Å². The van der Waals surface area contributed by atoms with Gasteiger partial charge in [0.05, 0.1) is 28.4 Å². The monoisotopic (exact) mass is 416 g/mol. The van der Waals surface area contributed by atoms with E-state index in [9.17, 15) is 5.11 Å². The normalized spacial score (nSPS) is 12.2. The zero-order valence-corrected chi connectivity index (χ0v) is 17.4. The molecule has 0 bridgehead atoms. The molecule has 0 fully saturated rings. The van der Waals surface area contributed by atoms with Crippen molar-refractivity contribution in [3.05, 3.63) is 96.7 Å². The summed E-state index contributed by atoms with van der Waals surface area (Å²) in [4.78, 5) is 11.6. The summed E-state index contributed by atoms with van der Waals surface area (Å²) in [5.41, 5.74) is 7.59. The molecule has 0 unspecified atom stereocenters. The summed E-state index contributed by atoms with van der Waals surface area (Å²) in [5.74, 6) is 1.05. The lowest BCUT2D eigenvalue weighted by Gasteiger charge is -2.33. The van der Waals surface area contributed by atoms with Gasteiger partial charge < -0.3 is 10.4 Å². The van der Waals surface area contributed by atoms with Gasteiger partial charge in [0.25, 0.3) is 0 Å². The van der Waals surface area contributed by atoms with Gasteiger partial charge >= 0.3 is 0 Å². The molecule has 0 amide bonds. The standard InChI is InChI=1S/C27H20N4O/c1-17-13-14-28-26(15-17)31-23-7-3-2-6-21(23)29-22-12-10-19(16-24(22)31)20-11-9-18-5-4-8-25(32)27(18)30-20/h2-16,29,32H,1H3. The van der Waals surface area contributed by atoms with Crippen LogP contribution in [0.5, 0.6) is 5.75 Å². The van der Waals surface area contributed by atoms with Crippen molar-refractivity contribution in [1.82, 2.24) is 9.97 Å². The van der Waals surface area contributed by atoms with E-state index in [0.717, 1.165) is 50.8 Å². The first-order valence-electron chi connectivity index (χ1n) is 10.5. The number of benzene rings is 3. The van der Waals surface area contributed by atoms with E-state index in [-0.39, 0.29) is 5.75 Å². The predicted octanol–water partition coefficient (Wildman–Crippen LogP) is 6.84. The summed E-state index contributed by atoms with van der Waals surface area (Å²) < 4.78 is 0. The number of fused-ring (bicyclic) bond motifs is 3. The smallest absolute Gasteiger partial charge is 0.141 e. The largest absolute Gasteiger partial charge is 0.506 e. The summed E-state index contributed by atoms with van der Waals surface area (Å²) in [6.07, 6.45) is 1.84. The van der Waals surface area contributed by atoms with E-state index in [1.54, 1.807) is 6.07 Å². The van der Waals surface area contributed by atoms with E-state index in [0.29, 0.717) is 5.52 Å². The van der Waals surface area contributed by atoms with E-state index in [2.05, 4.69) is 58.5 Å². The van der Waals surface area contributed by atoms with Gasteiger partial charge in [0.1, 0.15) is 17.1 Å². The van der Waals surface area contributed by atoms with Crippen LogP contribution in [-0.2, 0) is 0 Å². The second kappa shape index (κ2) is 7.10. The maximum absolute atomic E-state index is 10.3. The highest BCUT2D eigenvalue weighted by Gasteiger charge is 2.25. The molecule has 0 saturated heterocycles. The molecule has 154 valence electrons. The third kappa shape index (κ3) is 2.94. The van der Waals surface area contributed by atoms with Crippen LogP contribution >= 0.6 is 0 Å². The highest BCUT2D eigenvalue weighted by Crippen LogP contribution is 2.48. The van der Waals surface area contributed by atoms with E-state index >= 15 is 0 Å². The third-order valence-corrected chi connectivity index (χ3v) is 5.78. The number of pyridine rings is 2. The van der Waals surface area contributed by atoms with Gasteiger partial charge in [-0.1, -0.05) is 36.4 Å². The third-order valence-electron chi connectivity index (χ3n) is 5.78. The molecule has 2 aromatic heterocycles. The number of anilines is 5. The van der Waals surface area contributed by atoms with Gasteiger partial charge in [-0.05, 0) is 61.0 Å². The quantitative estimate of drug-likeness (QED) is 0.324. The summed E-state index contributed by atoms with van der Waals surface area (Å²) in [7, 11) is 0. The number of nitrogens with one attached hydrogen (secondary N) is 1. The van der Waals surface area contributed by atoms with Crippen LogP contribution in [0.25, 0.3) is 22.2 Å². The van der Waals surface area contributed by atoms with E-state index in [1.165, 1.54) is 0 Å². The Bertz CT molecular complexity index is 1490. The molecule has 5 nitrogen and oxygen atoms in total. The molecule has 0 aliphatic carbocycles. The Morgan fingerprint density at radius 3 is 2.59 bits per heavy atom. The van der Waals surface area contributed by atoms with Crippen LogP contribution in [-0.4, -0.2) is 15.1 Å². The molecule has 0 radical (unpaired) electrons. The van der Waals surface area contributed by atoms with Crippen LogP contribution in [0.1, 0.15) is 5.56 Å². The van der Waals surface area contributed by atoms with Gasteiger partial charge in [0, 0.05) is 17.1 Å². The number of aromatic nitrogens is 2. The van der Waals surface area contributed by atoms with E-state index in [1.807, 2.05) is 48.7 Å². The molecule has 1 aliphatic heterocycles.